The lowest BCUT2D eigenvalue weighted by Gasteiger charge is -2.19. The first-order valence-electron chi connectivity index (χ1n) is 7.32. The average molecular weight is 346 g/mol. The van der Waals surface area contributed by atoms with E-state index in [1.165, 1.54) is 0 Å². The van der Waals surface area contributed by atoms with Gasteiger partial charge in [-0.3, -0.25) is 0 Å². The molecule has 23 heavy (non-hydrogen) atoms. The summed E-state index contributed by atoms with van der Waals surface area (Å²) in [5, 5.41) is 0.525. The molecule has 2 N–H and O–H groups in total. The minimum Gasteiger partial charge on any atom is -0.491 e. The van der Waals surface area contributed by atoms with Crippen molar-refractivity contribution >= 4 is 23.3 Å². The standard InChI is InChI=1S/C16H24ClNO5/c1-16(2,3)23-15(19)11-21-5-4-20-6-7-22-14-9-12(17)8-13(18)10-14/h8-10H,4-7,11,18H2,1-3H3. The van der Waals surface area contributed by atoms with Crippen LogP contribution in [0.15, 0.2) is 18.2 Å². The molecule has 0 heterocycles. The maximum absolute atomic E-state index is 11.4. The van der Waals surface area contributed by atoms with Crippen molar-refractivity contribution in [3.63, 3.8) is 0 Å². The summed E-state index contributed by atoms with van der Waals surface area (Å²) in [4.78, 5) is 11.4. The zero-order chi connectivity index (χ0) is 17.3. The average Bonchev–Trinajstić information content (AvgIpc) is 2.38. The van der Waals surface area contributed by atoms with E-state index in [4.69, 9.17) is 36.3 Å². The van der Waals surface area contributed by atoms with Crippen molar-refractivity contribution in [2.75, 3.05) is 38.8 Å². The van der Waals surface area contributed by atoms with Crippen LogP contribution in [0.2, 0.25) is 5.02 Å². The molecule has 0 saturated heterocycles. The Balaban J connectivity index is 2.02. The van der Waals surface area contributed by atoms with Gasteiger partial charge < -0.3 is 24.7 Å². The Morgan fingerprint density at radius 2 is 1.74 bits per heavy atom. The molecule has 130 valence electrons. The maximum Gasteiger partial charge on any atom is 0.332 e. The van der Waals surface area contributed by atoms with Crippen LogP contribution in [0.1, 0.15) is 20.8 Å². The van der Waals surface area contributed by atoms with Crippen LogP contribution >= 0.6 is 11.6 Å². The Hall–Kier alpha value is -1.50. The van der Waals surface area contributed by atoms with Gasteiger partial charge in [-0.25, -0.2) is 4.79 Å². The number of nitrogen functional groups attached to an aromatic ring is 1. The number of ether oxygens (including phenoxy) is 4. The number of hydrogen-bond donors (Lipinski definition) is 1. The number of carbonyl (C=O) groups is 1. The molecule has 0 spiro atoms. The number of anilines is 1. The molecule has 0 unspecified atom stereocenters. The first-order valence-corrected chi connectivity index (χ1v) is 7.70. The molecule has 0 aliphatic heterocycles. The van der Waals surface area contributed by atoms with Crippen molar-refractivity contribution in [1.29, 1.82) is 0 Å². The molecular weight excluding hydrogens is 322 g/mol. The van der Waals surface area contributed by atoms with Gasteiger partial charge in [0, 0.05) is 16.8 Å². The highest BCUT2D eigenvalue weighted by Crippen LogP contribution is 2.22. The Bertz CT molecular complexity index is 481. The number of benzene rings is 1. The van der Waals surface area contributed by atoms with Gasteiger partial charge in [-0.15, -0.1) is 0 Å². The van der Waals surface area contributed by atoms with Crippen molar-refractivity contribution in [3.8, 4) is 5.75 Å². The van der Waals surface area contributed by atoms with E-state index in [-0.39, 0.29) is 12.6 Å². The fourth-order valence-corrected chi connectivity index (χ4v) is 1.87. The fraction of sp³-hybridized carbons (Fsp3) is 0.562. The highest BCUT2D eigenvalue weighted by molar-refractivity contribution is 6.31. The zero-order valence-corrected chi connectivity index (χ0v) is 14.5. The second-order valence-electron chi connectivity index (χ2n) is 5.82. The van der Waals surface area contributed by atoms with E-state index in [0.717, 1.165) is 0 Å². The smallest absolute Gasteiger partial charge is 0.332 e. The van der Waals surface area contributed by atoms with Gasteiger partial charge in [-0.05, 0) is 32.9 Å². The summed E-state index contributed by atoms with van der Waals surface area (Å²) >= 11 is 5.87. The molecule has 0 bridgehead atoms. The monoisotopic (exact) mass is 345 g/mol. The van der Waals surface area contributed by atoms with E-state index in [0.29, 0.717) is 42.9 Å². The van der Waals surface area contributed by atoms with Crippen LogP contribution in [0.4, 0.5) is 5.69 Å². The Kier molecular flexibility index (Phi) is 8.16. The third-order valence-electron chi connectivity index (χ3n) is 2.40. The quantitative estimate of drug-likeness (QED) is 0.421. The van der Waals surface area contributed by atoms with Gasteiger partial charge in [-0.1, -0.05) is 11.6 Å². The maximum atomic E-state index is 11.4. The molecule has 0 fully saturated rings. The minimum absolute atomic E-state index is 0.0844. The van der Waals surface area contributed by atoms with Gasteiger partial charge in [0.05, 0.1) is 19.8 Å². The number of carbonyl (C=O) groups excluding carboxylic acids is 1. The van der Waals surface area contributed by atoms with Gasteiger partial charge >= 0.3 is 5.97 Å². The first-order chi connectivity index (χ1) is 10.8. The molecule has 6 nitrogen and oxygen atoms in total. The summed E-state index contributed by atoms with van der Waals surface area (Å²) in [6.45, 7) is 6.77. The van der Waals surface area contributed by atoms with Crippen LogP contribution in [0, 0.1) is 0 Å². The van der Waals surface area contributed by atoms with Crippen LogP contribution in [-0.4, -0.2) is 44.6 Å². The SMILES string of the molecule is CC(C)(C)OC(=O)COCCOCCOc1cc(N)cc(Cl)c1. The molecule has 0 aliphatic carbocycles. The fourth-order valence-electron chi connectivity index (χ4n) is 1.63. The molecular formula is C16H24ClNO5. The van der Waals surface area contributed by atoms with Crippen molar-refractivity contribution in [1.82, 2.24) is 0 Å². The second kappa shape index (κ2) is 9.60. The normalized spacial score (nSPS) is 11.3. The first kappa shape index (κ1) is 19.5. The third-order valence-corrected chi connectivity index (χ3v) is 2.62. The number of halogens is 1. The summed E-state index contributed by atoms with van der Waals surface area (Å²) in [5.41, 5.74) is 5.70. The molecule has 1 aromatic carbocycles. The van der Waals surface area contributed by atoms with Crippen LogP contribution in [-0.2, 0) is 19.0 Å². The van der Waals surface area contributed by atoms with Crippen molar-refractivity contribution in [3.05, 3.63) is 23.2 Å². The van der Waals surface area contributed by atoms with E-state index in [9.17, 15) is 4.79 Å². The number of nitrogens with two attached hydrogens (primary N) is 1. The molecule has 0 radical (unpaired) electrons. The number of hydrogen-bond acceptors (Lipinski definition) is 6. The molecule has 0 saturated carbocycles. The molecule has 1 aromatic rings. The Morgan fingerprint density at radius 3 is 2.39 bits per heavy atom. The lowest BCUT2D eigenvalue weighted by atomic mass is 10.2. The van der Waals surface area contributed by atoms with Gasteiger partial charge in [0.2, 0.25) is 0 Å². The largest absolute Gasteiger partial charge is 0.491 e. The highest BCUT2D eigenvalue weighted by Gasteiger charge is 2.15. The van der Waals surface area contributed by atoms with E-state index in [2.05, 4.69) is 0 Å². The summed E-state index contributed by atoms with van der Waals surface area (Å²) in [6.07, 6.45) is 0. The van der Waals surface area contributed by atoms with Crippen LogP contribution in [0.5, 0.6) is 5.75 Å². The Morgan fingerprint density at radius 1 is 1.09 bits per heavy atom. The lowest BCUT2D eigenvalue weighted by molar-refractivity contribution is -0.160. The predicted octanol–water partition coefficient (Wildman–Crippen LogP) is 2.68. The van der Waals surface area contributed by atoms with Gasteiger partial charge in [0.15, 0.2) is 0 Å². The minimum atomic E-state index is -0.502. The van der Waals surface area contributed by atoms with Crippen LogP contribution < -0.4 is 10.5 Å². The molecule has 0 amide bonds. The van der Waals surface area contributed by atoms with E-state index in [1.807, 2.05) is 20.8 Å². The van der Waals surface area contributed by atoms with Crippen LogP contribution in [0.25, 0.3) is 0 Å². The van der Waals surface area contributed by atoms with Crippen molar-refractivity contribution in [2.24, 2.45) is 0 Å². The van der Waals surface area contributed by atoms with Gasteiger partial charge in [-0.2, -0.15) is 0 Å². The summed E-state index contributed by atoms with van der Waals surface area (Å²) < 4.78 is 21.1. The molecule has 7 heteroatoms. The summed E-state index contributed by atoms with van der Waals surface area (Å²) in [5.74, 6) is 0.208. The lowest BCUT2D eigenvalue weighted by Crippen LogP contribution is -2.27. The van der Waals surface area contributed by atoms with Gasteiger partial charge in [0.1, 0.15) is 24.6 Å². The second-order valence-corrected chi connectivity index (χ2v) is 6.26. The van der Waals surface area contributed by atoms with Crippen molar-refractivity contribution in [2.45, 2.75) is 26.4 Å². The van der Waals surface area contributed by atoms with Crippen LogP contribution in [0.3, 0.4) is 0 Å². The topological polar surface area (TPSA) is 80.0 Å². The predicted molar refractivity (Wildman–Crippen MR) is 88.8 cm³/mol. The number of esters is 1. The molecule has 0 aromatic heterocycles. The highest BCUT2D eigenvalue weighted by atomic mass is 35.5. The zero-order valence-electron chi connectivity index (χ0n) is 13.8. The molecule has 0 aliphatic rings. The Labute approximate surface area is 141 Å². The van der Waals surface area contributed by atoms with Gasteiger partial charge in [0.25, 0.3) is 0 Å². The van der Waals surface area contributed by atoms with E-state index in [1.54, 1.807) is 18.2 Å². The third kappa shape index (κ3) is 9.99. The molecule has 1 rings (SSSR count). The van der Waals surface area contributed by atoms with Crippen molar-refractivity contribution < 1.29 is 23.7 Å². The van der Waals surface area contributed by atoms with E-state index < -0.39 is 5.60 Å². The number of rotatable bonds is 9. The molecule has 0 atom stereocenters. The summed E-state index contributed by atoms with van der Waals surface area (Å²) in [6, 6.07) is 5.02. The summed E-state index contributed by atoms with van der Waals surface area (Å²) in [7, 11) is 0. The van der Waals surface area contributed by atoms with E-state index >= 15 is 0 Å².